The maximum Gasteiger partial charge on any atom is 0.136 e. The predicted molar refractivity (Wildman–Crippen MR) is 68.2 cm³/mol. The Kier molecular flexibility index (Phi) is 3.82. The summed E-state index contributed by atoms with van der Waals surface area (Å²) in [6.45, 7) is 2.24. The Morgan fingerprint density at radius 3 is 3.00 bits per heavy atom. The molecule has 0 bridgehead atoms. The zero-order valence-electron chi connectivity index (χ0n) is 10.6. The number of carbonyl (C=O) groups excluding carboxylic acids is 1. The number of benzene rings is 1. The molecule has 2 atom stereocenters. The average molecular weight is 232 g/mol. The highest BCUT2D eigenvalue weighted by atomic mass is 16.5. The molecule has 0 amide bonds. The van der Waals surface area contributed by atoms with Crippen LogP contribution in [0.25, 0.3) is 0 Å². The van der Waals surface area contributed by atoms with Gasteiger partial charge in [-0.2, -0.15) is 0 Å². The third kappa shape index (κ3) is 3.09. The van der Waals surface area contributed by atoms with Crippen molar-refractivity contribution in [1.29, 1.82) is 0 Å². The molecule has 0 heterocycles. The van der Waals surface area contributed by atoms with Gasteiger partial charge in [-0.25, -0.2) is 0 Å². The molecule has 2 unspecified atom stereocenters. The predicted octanol–water partition coefficient (Wildman–Crippen LogP) is 3.24. The summed E-state index contributed by atoms with van der Waals surface area (Å²) in [5, 5.41) is 0. The van der Waals surface area contributed by atoms with Crippen molar-refractivity contribution in [3.05, 3.63) is 29.8 Å². The molecule has 0 aromatic heterocycles. The highest BCUT2D eigenvalue weighted by Crippen LogP contribution is 2.29. The molecule has 92 valence electrons. The van der Waals surface area contributed by atoms with Crippen LogP contribution in [0.1, 0.15) is 31.7 Å². The van der Waals surface area contributed by atoms with Gasteiger partial charge in [-0.1, -0.05) is 19.1 Å². The van der Waals surface area contributed by atoms with E-state index in [-0.39, 0.29) is 5.92 Å². The lowest BCUT2D eigenvalue weighted by Crippen LogP contribution is -2.25. The molecule has 0 aliphatic heterocycles. The van der Waals surface area contributed by atoms with E-state index < -0.39 is 0 Å². The van der Waals surface area contributed by atoms with E-state index in [1.54, 1.807) is 7.11 Å². The largest absolute Gasteiger partial charge is 0.497 e. The van der Waals surface area contributed by atoms with E-state index in [2.05, 4.69) is 13.0 Å². The number of hydrogen-bond acceptors (Lipinski definition) is 2. The second-order valence-electron chi connectivity index (χ2n) is 5.10. The van der Waals surface area contributed by atoms with Crippen LogP contribution >= 0.6 is 0 Å². The fraction of sp³-hybridized carbons (Fsp3) is 0.533. The molecular weight excluding hydrogens is 212 g/mol. The summed E-state index contributed by atoms with van der Waals surface area (Å²) in [5.74, 6) is 2.21. The van der Waals surface area contributed by atoms with Gasteiger partial charge in [-0.05, 0) is 42.9 Å². The van der Waals surface area contributed by atoms with Gasteiger partial charge in [0.2, 0.25) is 0 Å². The second kappa shape index (κ2) is 5.35. The first-order chi connectivity index (χ1) is 8.19. The molecule has 1 aliphatic rings. The number of carbonyl (C=O) groups is 1. The van der Waals surface area contributed by atoms with Crippen molar-refractivity contribution in [2.45, 2.75) is 32.6 Å². The van der Waals surface area contributed by atoms with Crippen molar-refractivity contribution in [2.75, 3.05) is 7.11 Å². The first kappa shape index (κ1) is 12.2. The summed E-state index contributed by atoms with van der Waals surface area (Å²) in [5.41, 5.74) is 1.21. The highest BCUT2D eigenvalue weighted by molar-refractivity contribution is 5.82. The van der Waals surface area contributed by atoms with E-state index in [9.17, 15) is 4.79 Å². The van der Waals surface area contributed by atoms with E-state index in [4.69, 9.17) is 4.74 Å². The summed E-state index contributed by atoms with van der Waals surface area (Å²) >= 11 is 0. The van der Waals surface area contributed by atoms with Gasteiger partial charge in [0.05, 0.1) is 7.11 Å². The minimum absolute atomic E-state index is 0.214. The molecule has 0 spiro atoms. The molecule has 0 N–H and O–H groups in total. The van der Waals surface area contributed by atoms with Gasteiger partial charge in [-0.3, -0.25) is 4.79 Å². The standard InChI is InChI=1S/C15H20O2/c1-11-6-7-15(16)13(8-11)9-12-4-3-5-14(10-12)17-2/h3-5,10-11,13H,6-9H2,1-2H3. The van der Waals surface area contributed by atoms with Crippen molar-refractivity contribution in [3.63, 3.8) is 0 Å². The fourth-order valence-electron chi connectivity index (χ4n) is 2.61. The Balaban J connectivity index is 2.05. The molecule has 0 radical (unpaired) electrons. The molecule has 1 aliphatic carbocycles. The van der Waals surface area contributed by atoms with E-state index in [0.29, 0.717) is 11.7 Å². The first-order valence-electron chi connectivity index (χ1n) is 6.34. The lowest BCUT2D eigenvalue weighted by molar-refractivity contribution is -0.125. The van der Waals surface area contributed by atoms with Crippen molar-refractivity contribution in [3.8, 4) is 5.75 Å². The van der Waals surface area contributed by atoms with Crippen molar-refractivity contribution in [2.24, 2.45) is 11.8 Å². The third-order valence-corrected chi connectivity index (χ3v) is 3.64. The molecular formula is C15H20O2. The van der Waals surface area contributed by atoms with Gasteiger partial charge in [0, 0.05) is 12.3 Å². The van der Waals surface area contributed by atoms with E-state index in [0.717, 1.165) is 31.4 Å². The zero-order valence-corrected chi connectivity index (χ0v) is 10.6. The number of ether oxygens (including phenoxy) is 1. The van der Waals surface area contributed by atoms with Crippen LogP contribution < -0.4 is 4.74 Å². The minimum Gasteiger partial charge on any atom is -0.497 e. The SMILES string of the molecule is COc1cccc(CC2CC(C)CCC2=O)c1. The lowest BCUT2D eigenvalue weighted by Gasteiger charge is -2.25. The maximum absolute atomic E-state index is 11.9. The number of Topliss-reactive ketones (excluding diaryl/α,β-unsaturated/α-hetero) is 1. The molecule has 1 aromatic carbocycles. The van der Waals surface area contributed by atoms with E-state index in [1.807, 2.05) is 18.2 Å². The Labute approximate surface area is 103 Å². The van der Waals surface area contributed by atoms with Crippen LogP contribution in [0, 0.1) is 11.8 Å². The maximum atomic E-state index is 11.9. The molecule has 1 fully saturated rings. The van der Waals surface area contributed by atoms with Crippen LogP contribution in [0.5, 0.6) is 5.75 Å². The Bertz CT molecular complexity index is 398. The van der Waals surface area contributed by atoms with Crippen LogP contribution in [0.15, 0.2) is 24.3 Å². The molecule has 1 saturated carbocycles. The average Bonchev–Trinajstić information content (AvgIpc) is 2.34. The molecule has 17 heavy (non-hydrogen) atoms. The molecule has 2 rings (SSSR count). The number of ketones is 1. The summed E-state index contributed by atoms with van der Waals surface area (Å²) in [6, 6.07) is 8.04. The lowest BCUT2D eigenvalue weighted by atomic mass is 9.78. The van der Waals surface area contributed by atoms with Crippen LogP contribution in [-0.4, -0.2) is 12.9 Å². The quantitative estimate of drug-likeness (QED) is 0.799. The third-order valence-electron chi connectivity index (χ3n) is 3.64. The highest BCUT2D eigenvalue weighted by Gasteiger charge is 2.26. The van der Waals surface area contributed by atoms with Crippen molar-refractivity contribution in [1.82, 2.24) is 0 Å². The Morgan fingerprint density at radius 1 is 1.41 bits per heavy atom. The van der Waals surface area contributed by atoms with E-state index >= 15 is 0 Å². The van der Waals surface area contributed by atoms with Gasteiger partial charge in [0.15, 0.2) is 0 Å². The summed E-state index contributed by atoms with van der Waals surface area (Å²) in [6.07, 6.45) is 3.72. The van der Waals surface area contributed by atoms with Crippen molar-refractivity contribution < 1.29 is 9.53 Å². The topological polar surface area (TPSA) is 26.3 Å². The van der Waals surface area contributed by atoms with Crippen molar-refractivity contribution >= 4 is 5.78 Å². The Morgan fingerprint density at radius 2 is 2.24 bits per heavy atom. The van der Waals surface area contributed by atoms with Gasteiger partial charge < -0.3 is 4.74 Å². The van der Waals surface area contributed by atoms with Crippen LogP contribution in [0.4, 0.5) is 0 Å². The molecule has 2 nitrogen and oxygen atoms in total. The van der Waals surface area contributed by atoms with Gasteiger partial charge in [0.25, 0.3) is 0 Å². The van der Waals surface area contributed by atoms with Crippen LogP contribution in [0.2, 0.25) is 0 Å². The minimum atomic E-state index is 0.214. The normalized spacial score (nSPS) is 24.7. The fourth-order valence-corrected chi connectivity index (χ4v) is 2.61. The molecule has 1 aromatic rings. The van der Waals surface area contributed by atoms with Crippen LogP contribution in [-0.2, 0) is 11.2 Å². The summed E-state index contributed by atoms with van der Waals surface area (Å²) < 4.78 is 5.21. The first-order valence-corrected chi connectivity index (χ1v) is 6.34. The van der Waals surface area contributed by atoms with E-state index in [1.165, 1.54) is 5.56 Å². The monoisotopic (exact) mass is 232 g/mol. The summed E-state index contributed by atoms with van der Waals surface area (Å²) in [4.78, 5) is 11.9. The number of rotatable bonds is 3. The smallest absolute Gasteiger partial charge is 0.136 e. The number of hydrogen-bond donors (Lipinski definition) is 0. The molecule has 0 saturated heterocycles. The zero-order chi connectivity index (χ0) is 12.3. The van der Waals surface area contributed by atoms with Gasteiger partial charge >= 0.3 is 0 Å². The van der Waals surface area contributed by atoms with Gasteiger partial charge in [-0.15, -0.1) is 0 Å². The Hall–Kier alpha value is -1.31. The number of methoxy groups -OCH3 is 1. The summed E-state index contributed by atoms with van der Waals surface area (Å²) in [7, 11) is 1.67. The van der Waals surface area contributed by atoms with Crippen LogP contribution in [0.3, 0.4) is 0 Å². The molecule has 2 heteroatoms. The van der Waals surface area contributed by atoms with Gasteiger partial charge in [0.1, 0.15) is 11.5 Å². The second-order valence-corrected chi connectivity index (χ2v) is 5.10.